The van der Waals surface area contributed by atoms with Crippen LogP contribution >= 0.6 is 0 Å². The molecule has 3 nitrogen and oxygen atoms in total. The van der Waals surface area contributed by atoms with Gasteiger partial charge in [-0.2, -0.15) is 0 Å². The minimum absolute atomic E-state index is 0.00352. The normalized spacial score (nSPS) is 54.2. The largest absolute Gasteiger partial charge is 0.347 e. The Morgan fingerprint density at radius 2 is 1.64 bits per heavy atom. The molecule has 1 spiro atoms. The minimum atomic E-state index is -0.288. The number of ether oxygens (including phenoxy) is 2. The SMILES string of the molecule is CC1C2CC[C@@H]3[C@H](CC[C@]4(C)C(=O)CC[C@@H]34)[C@@]2(C)CCC12OCCO2. The molecule has 4 saturated carbocycles. The van der Waals surface area contributed by atoms with Gasteiger partial charge < -0.3 is 9.47 Å². The van der Waals surface area contributed by atoms with Crippen LogP contribution in [0.25, 0.3) is 0 Å². The molecule has 1 aliphatic heterocycles. The van der Waals surface area contributed by atoms with E-state index in [4.69, 9.17) is 9.47 Å². The van der Waals surface area contributed by atoms with Gasteiger partial charge in [0, 0.05) is 24.2 Å². The predicted octanol–water partition coefficient (Wildman–Crippen LogP) is 4.59. The summed E-state index contributed by atoms with van der Waals surface area (Å²) < 4.78 is 12.3. The van der Waals surface area contributed by atoms with E-state index in [0.29, 0.717) is 29.0 Å². The van der Waals surface area contributed by atoms with Gasteiger partial charge in [0.05, 0.1) is 13.2 Å². The lowest BCUT2D eigenvalue weighted by Crippen LogP contribution is -2.59. The lowest BCUT2D eigenvalue weighted by Gasteiger charge is -2.63. The molecule has 5 rings (SSSR count). The zero-order chi connectivity index (χ0) is 17.4. The van der Waals surface area contributed by atoms with Gasteiger partial charge >= 0.3 is 0 Å². The number of Topliss-reactive ketones (excluding diaryl/α,β-unsaturated/α-hetero) is 1. The van der Waals surface area contributed by atoms with Gasteiger partial charge in [-0.1, -0.05) is 20.8 Å². The van der Waals surface area contributed by atoms with Crippen molar-refractivity contribution >= 4 is 5.78 Å². The summed E-state index contributed by atoms with van der Waals surface area (Å²) in [6.45, 7) is 8.78. The number of ketones is 1. The van der Waals surface area contributed by atoms with E-state index in [-0.39, 0.29) is 11.2 Å². The maximum Gasteiger partial charge on any atom is 0.171 e. The second-order valence-corrected chi connectivity index (χ2v) is 10.3. The van der Waals surface area contributed by atoms with Gasteiger partial charge in [-0.05, 0) is 67.6 Å². The van der Waals surface area contributed by atoms with E-state index in [1.54, 1.807) is 0 Å². The molecule has 25 heavy (non-hydrogen) atoms. The first-order valence-electron chi connectivity index (χ1n) is 10.7. The molecule has 5 aliphatic rings. The Balaban J connectivity index is 1.45. The Kier molecular flexibility index (Phi) is 3.56. The Hall–Kier alpha value is -0.410. The highest BCUT2D eigenvalue weighted by molar-refractivity contribution is 5.87. The number of hydrogen-bond donors (Lipinski definition) is 0. The van der Waals surface area contributed by atoms with Crippen LogP contribution in [0, 0.1) is 40.4 Å². The average Bonchev–Trinajstić information content (AvgIpc) is 3.18. The number of carbonyl (C=O) groups excluding carboxylic acids is 1. The zero-order valence-electron chi connectivity index (χ0n) is 16.2. The van der Waals surface area contributed by atoms with Gasteiger partial charge in [-0.3, -0.25) is 4.79 Å². The van der Waals surface area contributed by atoms with Crippen LogP contribution in [0.5, 0.6) is 0 Å². The zero-order valence-corrected chi connectivity index (χ0v) is 16.2. The van der Waals surface area contributed by atoms with Gasteiger partial charge in [0.25, 0.3) is 0 Å². The van der Waals surface area contributed by atoms with Crippen molar-refractivity contribution < 1.29 is 14.3 Å². The second-order valence-electron chi connectivity index (χ2n) is 10.3. The fourth-order valence-electron chi connectivity index (χ4n) is 8.30. The van der Waals surface area contributed by atoms with Crippen molar-refractivity contribution in [2.24, 2.45) is 40.4 Å². The topological polar surface area (TPSA) is 35.5 Å². The molecular formula is C22H34O3. The molecule has 0 aromatic rings. The van der Waals surface area contributed by atoms with E-state index in [1.807, 2.05) is 0 Å². The molecule has 0 aromatic carbocycles. The van der Waals surface area contributed by atoms with Crippen LogP contribution in [0.2, 0.25) is 0 Å². The Morgan fingerprint density at radius 3 is 2.40 bits per heavy atom. The van der Waals surface area contributed by atoms with Crippen LogP contribution in [0.4, 0.5) is 0 Å². The summed E-state index contributed by atoms with van der Waals surface area (Å²) in [6.07, 6.45) is 9.30. The molecule has 3 heteroatoms. The summed E-state index contributed by atoms with van der Waals surface area (Å²) in [6, 6.07) is 0. The number of carbonyl (C=O) groups is 1. The molecule has 1 saturated heterocycles. The molecule has 1 heterocycles. The third kappa shape index (κ3) is 2.03. The highest BCUT2D eigenvalue weighted by Crippen LogP contribution is 2.67. The van der Waals surface area contributed by atoms with Gasteiger partial charge in [0.2, 0.25) is 0 Å². The first-order chi connectivity index (χ1) is 11.9. The molecule has 0 bridgehead atoms. The van der Waals surface area contributed by atoms with Crippen LogP contribution in [0.1, 0.15) is 72.1 Å². The van der Waals surface area contributed by atoms with Gasteiger partial charge in [-0.15, -0.1) is 0 Å². The number of fused-ring (bicyclic) bond motifs is 5. The fourth-order valence-corrected chi connectivity index (χ4v) is 8.30. The van der Waals surface area contributed by atoms with Crippen molar-refractivity contribution in [3.05, 3.63) is 0 Å². The average molecular weight is 347 g/mol. The van der Waals surface area contributed by atoms with Crippen molar-refractivity contribution in [2.45, 2.75) is 77.9 Å². The Bertz CT molecular complexity index is 580. The standard InChI is InChI=1S/C22H34O3/c1-14-16-5-4-15-17-6-7-19(23)21(17,3)9-8-18(15)20(16,2)10-11-22(14)24-12-13-25-22/h14-18H,4-13H2,1-3H3/t14?,15-,16?,17-,18-,20-,21-/m0/s1. The van der Waals surface area contributed by atoms with Crippen molar-refractivity contribution in [3.63, 3.8) is 0 Å². The monoisotopic (exact) mass is 346 g/mol. The molecule has 0 amide bonds. The van der Waals surface area contributed by atoms with Crippen LogP contribution in [-0.4, -0.2) is 24.8 Å². The summed E-state index contributed by atoms with van der Waals surface area (Å²) >= 11 is 0. The lowest BCUT2D eigenvalue weighted by molar-refractivity contribution is -0.262. The quantitative estimate of drug-likeness (QED) is 0.644. The summed E-state index contributed by atoms with van der Waals surface area (Å²) in [7, 11) is 0. The van der Waals surface area contributed by atoms with E-state index in [2.05, 4.69) is 20.8 Å². The van der Waals surface area contributed by atoms with Crippen LogP contribution < -0.4 is 0 Å². The minimum Gasteiger partial charge on any atom is -0.347 e. The third-order valence-corrected chi connectivity index (χ3v) is 9.74. The first kappa shape index (κ1) is 16.7. The van der Waals surface area contributed by atoms with Gasteiger partial charge in [0.1, 0.15) is 5.78 Å². The van der Waals surface area contributed by atoms with Crippen LogP contribution in [0.15, 0.2) is 0 Å². The van der Waals surface area contributed by atoms with Gasteiger partial charge in [-0.25, -0.2) is 0 Å². The van der Waals surface area contributed by atoms with Crippen molar-refractivity contribution in [3.8, 4) is 0 Å². The maximum absolute atomic E-state index is 12.6. The van der Waals surface area contributed by atoms with E-state index < -0.39 is 0 Å². The van der Waals surface area contributed by atoms with E-state index in [1.165, 1.54) is 25.7 Å². The Labute approximate surface area is 152 Å². The van der Waals surface area contributed by atoms with Crippen molar-refractivity contribution in [1.82, 2.24) is 0 Å². The molecule has 2 unspecified atom stereocenters. The maximum atomic E-state index is 12.6. The second kappa shape index (κ2) is 5.32. The smallest absolute Gasteiger partial charge is 0.171 e. The van der Waals surface area contributed by atoms with Crippen molar-refractivity contribution in [1.29, 1.82) is 0 Å². The molecule has 7 atom stereocenters. The molecule has 0 radical (unpaired) electrons. The fraction of sp³-hybridized carbons (Fsp3) is 0.955. The molecule has 140 valence electrons. The molecule has 0 N–H and O–H groups in total. The van der Waals surface area contributed by atoms with Gasteiger partial charge in [0.15, 0.2) is 5.79 Å². The Morgan fingerprint density at radius 1 is 0.880 bits per heavy atom. The molecule has 5 fully saturated rings. The number of rotatable bonds is 0. The predicted molar refractivity (Wildman–Crippen MR) is 95.9 cm³/mol. The summed E-state index contributed by atoms with van der Waals surface area (Å²) in [5.74, 6) is 3.71. The highest BCUT2D eigenvalue weighted by atomic mass is 16.7. The molecular weight excluding hydrogens is 312 g/mol. The summed E-state index contributed by atoms with van der Waals surface area (Å²) in [5.41, 5.74) is 0.416. The van der Waals surface area contributed by atoms with Crippen LogP contribution in [-0.2, 0) is 14.3 Å². The van der Waals surface area contributed by atoms with E-state index >= 15 is 0 Å². The van der Waals surface area contributed by atoms with E-state index in [0.717, 1.165) is 50.7 Å². The van der Waals surface area contributed by atoms with Crippen molar-refractivity contribution in [2.75, 3.05) is 13.2 Å². The lowest BCUT2D eigenvalue weighted by atomic mass is 9.43. The third-order valence-electron chi connectivity index (χ3n) is 9.74. The first-order valence-corrected chi connectivity index (χ1v) is 10.7. The molecule has 0 aromatic heterocycles. The summed E-state index contributed by atoms with van der Waals surface area (Å²) in [5, 5.41) is 0. The number of hydrogen-bond acceptors (Lipinski definition) is 3. The van der Waals surface area contributed by atoms with Crippen LogP contribution in [0.3, 0.4) is 0 Å². The highest BCUT2D eigenvalue weighted by Gasteiger charge is 2.64. The molecule has 4 aliphatic carbocycles. The summed E-state index contributed by atoms with van der Waals surface area (Å²) in [4.78, 5) is 12.6. The van der Waals surface area contributed by atoms with E-state index in [9.17, 15) is 4.79 Å².